The number of hydrogen-bond donors (Lipinski definition) is 0. The summed E-state index contributed by atoms with van der Waals surface area (Å²) in [6, 6.07) is 0.632. The van der Waals surface area contributed by atoms with E-state index in [0.717, 1.165) is 0 Å². The third-order valence-corrected chi connectivity index (χ3v) is 4.12. The van der Waals surface area contributed by atoms with Gasteiger partial charge in [-0.3, -0.25) is 0 Å². The lowest BCUT2D eigenvalue weighted by Crippen LogP contribution is -2.18. The molecule has 0 atom stereocenters. The molecule has 1 heterocycles. The number of aromatic nitrogens is 1. The number of halogens is 5. The molecule has 1 aromatic rings. The highest BCUT2D eigenvalue weighted by molar-refractivity contribution is 14.1. The van der Waals surface area contributed by atoms with Crippen LogP contribution in [0.2, 0.25) is 0 Å². The van der Waals surface area contributed by atoms with Gasteiger partial charge in [-0.05, 0) is 29.5 Å². The van der Waals surface area contributed by atoms with Gasteiger partial charge in [-0.2, -0.15) is 0 Å². The highest BCUT2D eigenvalue weighted by atomic mass is 127. The lowest BCUT2D eigenvalue weighted by molar-refractivity contribution is -0.276. The zero-order chi connectivity index (χ0) is 13.4. The fraction of sp³-hybridized carbons (Fsp3) is 0.286. The van der Waals surface area contributed by atoms with Crippen LogP contribution in [0.5, 0.6) is 5.88 Å². The molecule has 10 heteroatoms. The van der Waals surface area contributed by atoms with E-state index >= 15 is 0 Å². The van der Waals surface area contributed by atoms with Crippen molar-refractivity contribution >= 4 is 42.3 Å². The van der Waals surface area contributed by atoms with Gasteiger partial charge in [0.25, 0.3) is 9.05 Å². The van der Waals surface area contributed by atoms with Gasteiger partial charge in [0.15, 0.2) is 0 Å². The number of nitrogens with zero attached hydrogens (tertiary/aromatic N) is 1. The number of rotatable bonds is 2. The van der Waals surface area contributed by atoms with E-state index in [2.05, 4.69) is 9.72 Å². The summed E-state index contributed by atoms with van der Waals surface area (Å²) in [6.45, 7) is 1.38. The summed E-state index contributed by atoms with van der Waals surface area (Å²) in [7, 11) is 0.929. The lowest BCUT2D eigenvalue weighted by Gasteiger charge is -2.10. The first kappa shape index (κ1) is 14.8. The van der Waals surface area contributed by atoms with E-state index in [1.165, 1.54) is 6.92 Å². The van der Waals surface area contributed by atoms with Crippen LogP contribution in [0, 0.1) is 10.6 Å². The standard InChI is InChI=1S/C7H4ClF3INO3S/c1-3-4(17(8,14)15)2-5(13-6(3)12)16-7(9,10)11/h2H,1H3. The van der Waals surface area contributed by atoms with Crippen LogP contribution in [-0.4, -0.2) is 19.8 Å². The topological polar surface area (TPSA) is 56.3 Å². The second-order valence-electron chi connectivity index (χ2n) is 2.86. The average molecular weight is 402 g/mol. The SMILES string of the molecule is Cc1c(S(=O)(=O)Cl)cc(OC(F)(F)F)nc1I. The third kappa shape index (κ3) is 4.14. The quantitative estimate of drug-likeness (QED) is 0.434. The highest BCUT2D eigenvalue weighted by Gasteiger charge is 2.33. The Labute approximate surface area is 113 Å². The molecule has 96 valence electrons. The molecule has 0 aliphatic carbocycles. The van der Waals surface area contributed by atoms with Gasteiger partial charge >= 0.3 is 6.36 Å². The highest BCUT2D eigenvalue weighted by Crippen LogP contribution is 2.29. The normalized spacial score (nSPS) is 12.6. The van der Waals surface area contributed by atoms with E-state index in [1.807, 2.05) is 0 Å². The van der Waals surface area contributed by atoms with Crippen molar-refractivity contribution < 1.29 is 26.3 Å². The summed E-state index contributed by atoms with van der Waals surface area (Å²) in [5.74, 6) is -0.869. The minimum atomic E-state index is -4.95. The minimum Gasteiger partial charge on any atom is -0.388 e. The molecule has 0 unspecified atom stereocenters. The smallest absolute Gasteiger partial charge is 0.388 e. The Bertz CT molecular complexity index is 546. The van der Waals surface area contributed by atoms with Crippen LogP contribution >= 0.6 is 33.3 Å². The molecule has 0 spiro atoms. The molecule has 0 aliphatic rings. The molecule has 17 heavy (non-hydrogen) atoms. The first-order chi connectivity index (χ1) is 7.50. The number of alkyl halides is 3. The van der Waals surface area contributed by atoms with Crippen molar-refractivity contribution in [2.24, 2.45) is 0 Å². The van der Waals surface area contributed by atoms with E-state index < -0.39 is 26.2 Å². The van der Waals surface area contributed by atoms with E-state index in [4.69, 9.17) is 10.7 Å². The molecule has 0 fully saturated rings. The first-order valence-corrected chi connectivity index (χ1v) is 7.27. The van der Waals surface area contributed by atoms with Crippen LogP contribution in [0.25, 0.3) is 0 Å². The molecule has 0 bridgehead atoms. The van der Waals surface area contributed by atoms with Gasteiger partial charge in [0.2, 0.25) is 5.88 Å². The molecule has 0 N–H and O–H groups in total. The molecule has 0 aliphatic heterocycles. The Balaban J connectivity index is 3.35. The largest absolute Gasteiger partial charge is 0.574 e. The van der Waals surface area contributed by atoms with Gasteiger partial charge in [-0.1, -0.05) is 0 Å². The van der Waals surface area contributed by atoms with Crippen molar-refractivity contribution in [3.63, 3.8) is 0 Å². The number of ether oxygens (including phenoxy) is 1. The molecule has 1 aromatic heterocycles. The third-order valence-electron chi connectivity index (χ3n) is 1.62. The monoisotopic (exact) mass is 401 g/mol. The number of pyridine rings is 1. The van der Waals surface area contributed by atoms with Crippen LogP contribution < -0.4 is 4.74 Å². The summed E-state index contributed by atoms with van der Waals surface area (Å²) in [5, 5.41) is 0. The lowest BCUT2D eigenvalue weighted by atomic mass is 10.3. The zero-order valence-electron chi connectivity index (χ0n) is 8.05. The molecule has 0 radical (unpaired) electrons. The summed E-state index contributed by atoms with van der Waals surface area (Å²) in [5.41, 5.74) is 0.162. The Morgan fingerprint density at radius 3 is 2.41 bits per heavy atom. The second-order valence-corrected chi connectivity index (χ2v) is 6.42. The van der Waals surface area contributed by atoms with E-state index in [0.29, 0.717) is 6.07 Å². The van der Waals surface area contributed by atoms with Crippen LogP contribution in [-0.2, 0) is 9.05 Å². The maximum atomic E-state index is 12.0. The van der Waals surface area contributed by atoms with Gasteiger partial charge in [-0.25, -0.2) is 13.4 Å². The Kier molecular flexibility index (Phi) is 4.14. The van der Waals surface area contributed by atoms with Gasteiger partial charge in [0.1, 0.15) is 3.70 Å². The van der Waals surface area contributed by atoms with Crippen molar-refractivity contribution in [2.75, 3.05) is 0 Å². The van der Waals surface area contributed by atoms with Crippen molar-refractivity contribution in [1.29, 1.82) is 0 Å². The van der Waals surface area contributed by atoms with E-state index in [1.54, 1.807) is 22.6 Å². The minimum absolute atomic E-state index is 0.0589. The molecule has 0 aromatic carbocycles. The van der Waals surface area contributed by atoms with Crippen molar-refractivity contribution in [2.45, 2.75) is 18.2 Å². The number of hydrogen-bond acceptors (Lipinski definition) is 4. The average Bonchev–Trinajstić information content (AvgIpc) is 2.06. The summed E-state index contributed by atoms with van der Waals surface area (Å²) < 4.78 is 61.7. The maximum Gasteiger partial charge on any atom is 0.574 e. The molecular formula is C7H4ClF3INO3S. The van der Waals surface area contributed by atoms with Crippen LogP contribution in [0.3, 0.4) is 0 Å². The molecule has 0 saturated carbocycles. The molecule has 4 nitrogen and oxygen atoms in total. The predicted molar refractivity (Wildman–Crippen MR) is 61.4 cm³/mol. The van der Waals surface area contributed by atoms with Gasteiger partial charge in [0.05, 0.1) is 4.90 Å². The van der Waals surface area contributed by atoms with Crippen molar-refractivity contribution in [3.8, 4) is 5.88 Å². The fourth-order valence-corrected chi connectivity index (χ4v) is 2.86. The van der Waals surface area contributed by atoms with Gasteiger partial charge in [-0.15, -0.1) is 13.2 Å². The molecular weight excluding hydrogens is 397 g/mol. The van der Waals surface area contributed by atoms with Crippen molar-refractivity contribution in [1.82, 2.24) is 4.98 Å². The van der Waals surface area contributed by atoms with Crippen molar-refractivity contribution in [3.05, 3.63) is 15.3 Å². The summed E-state index contributed by atoms with van der Waals surface area (Å²) in [6.07, 6.45) is -4.95. The molecule has 1 rings (SSSR count). The van der Waals surface area contributed by atoms with Gasteiger partial charge in [0, 0.05) is 22.3 Å². The maximum absolute atomic E-state index is 12.0. The summed E-state index contributed by atoms with van der Waals surface area (Å²) in [4.78, 5) is 2.99. The van der Waals surface area contributed by atoms with Crippen LogP contribution in [0.1, 0.15) is 5.56 Å². The predicted octanol–water partition coefficient (Wildman–Crippen LogP) is 2.82. The molecule has 0 saturated heterocycles. The molecule has 0 amide bonds. The van der Waals surface area contributed by atoms with E-state index in [-0.39, 0.29) is 9.26 Å². The van der Waals surface area contributed by atoms with Crippen LogP contribution in [0.15, 0.2) is 11.0 Å². The summed E-state index contributed by atoms with van der Waals surface area (Å²) >= 11 is 1.59. The Hall–Kier alpha value is -0.290. The fourth-order valence-electron chi connectivity index (χ4n) is 0.959. The first-order valence-electron chi connectivity index (χ1n) is 3.88. The Morgan fingerprint density at radius 1 is 1.47 bits per heavy atom. The second kappa shape index (κ2) is 4.76. The van der Waals surface area contributed by atoms with Crippen LogP contribution in [0.4, 0.5) is 13.2 Å². The Morgan fingerprint density at radius 2 is 2.00 bits per heavy atom. The zero-order valence-corrected chi connectivity index (χ0v) is 11.8. The van der Waals surface area contributed by atoms with E-state index in [9.17, 15) is 21.6 Å². The van der Waals surface area contributed by atoms with Gasteiger partial charge < -0.3 is 4.74 Å².